The van der Waals surface area contributed by atoms with E-state index < -0.39 is 5.97 Å². The molecule has 0 fully saturated rings. The van der Waals surface area contributed by atoms with E-state index in [4.69, 9.17) is 51.5 Å². The lowest BCUT2D eigenvalue weighted by molar-refractivity contribution is -0.136. The molecule has 0 bridgehead atoms. The van der Waals surface area contributed by atoms with Gasteiger partial charge in [-0.3, -0.25) is 4.79 Å². The first-order valence-corrected chi connectivity index (χ1v) is 7.05. The molecule has 2 aromatic carbocycles. The number of hydrogen-bond donors (Lipinski definition) is 1. The molecule has 0 unspecified atom stereocenters. The molecule has 0 saturated carbocycles. The normalized spacial score (nSPS) is 10.6. The minimum Gasteiger partial charge on any atom is -0.481 e. The number of aliphatic carboxylic acids is 1. The summed E-state index contributed by atoms with van der Waals surface area (Å²) in [4.78, 5) is 10.9. The van der Waals surface area contributed by atoms with Crippen LogP contribution in [0.3, 0.4) is 0 Å². The molecule has 0 aliphatic heterocycles. The second-order valence-electron chi connectivity index (χ2n) is 4.12. The Labute approximate surface area is 135 Å². The first kappa shape index (κ1) is 15.5. The quantitative estimate of drug-likeness (QED) is 0.733. The topological polar surface area (TPSA) is 37.3 Å². The molecule has 2 rings (SSSR count). The number of halogens is 4. The number of hydrogen-bond acceptors (Lipinski definition) is 1. The van der Waals surface area contributed by atoms with E-state index in [-0.39, 0.29) is 6.42 Å². The second kappa shape index (κ2) is 6.23. The average Bonchev–Trinajstić information content (AvgIpc) is 2.35. The Kier molecular flexibility index (Phi) is 4.82. The van der Waals surface area contributed by atoms with Crippen molar-refractivity contribution in [2.75, 3.05) is 0 Å². The van der Waals surface area contributed by atoms with Gasteiger partial charge in [-0.25, -0.2) is 0 Å². The van der Waals surface area contributed by atoms with Crippen LogP contribution in [0.2, 0.25) is 20.1 Å². The fraction of sp³-hybridized carbons (Fsp3) is 0.0714. The van der Waals surface area contributed by atoms with Gasteiger partial charge < -0.3 is 5.11 Å². The van der Waals surface area contributed by atoms with Crippen LogP contribution >= 0.6 is 46.4 Å². The van der Waals surface area contributed by atoms with Crippen molar-refractivity contribution in [1.82, 2.24) is 0 Å². The summed E-state index contributed by atoms with van der Waals surface area (Å²) in [5.74, 6) is -0.940. The van der Waals surface area contributed by atoms with Gasteiger partial charge in [0.05, 0.1) is 16.5 Å². The van der Waals surface area contributed by atoms with Crippen LogP contribution in [-0.4, -0.2) is 11.1 Å². The second-order valence-corrected chi connectivity index (χ2v) is 5.78. The van der Waals surface area contributed by atoms with Crippen molar-refractivity contribution in [2.45, 2.75) is 6.42 Å². The van der Waals surface area contributed by atoms with Gasteiger partial charge in [0.25, 0.3) is 0 Å². The Morgan fingerprint density at radius 3 is 2.20 bits per heavy atom. The summed E-state index contributed by atoms with van der Waals surface area (Å²) in [5.41, 5.74) is 1.82. The zero-order chi connectivity index (χ0) is 14.9. The lowest BCUT2D eigenvalue weighted by Gasteiger charge is -2.12. The van der Waals surface area contributed by atoms with Gasteiger partial charge in [0.2, 0.25) is 0 Å². The van der Waals surface area contributed by atoms with Crippen molar-refractivity contribution in [3.8, 4) is 11.1 Å². The maximum atomic E-state index is 10.9. The minimum absolute atomic E-state index is 0.136. The highest BCUT2D eigenvalue weighted by Gasteiger charge is 2.14. The molecule has 0 heterocycles. The van der Waals surface area contributed by atoms with E-state index in [1.807, 2.05) is 0 Å². The van der Waals surface area contributed by atoms with Crippen LogP contribution in [0.25, 0.3) is 11.1 Å². The van der Waals surface area contributed by atoms with Crippen LogP contribution in [0.15, 0.2) is 30.3 Å². The zero-order valence-corrected chi connectivity index (χ0v) is 13.0. The van der Waals surface area contributed by atoms with E-state index in [1.165, 1.54) is 6.07 Å². The molecule has 0 amide bonds. The maximum absolute atomic E-state index is 10.9. The summed E-state index contributed by atoms with van der Waals surface area (Å²) in [6.07, 6.45) is -0.136. The SMILES string of the molecule is O=C(O)Cc1ccc(Cl)cc1-c1cc(Cl)c(Cl)cc1Cl. The fourth-order valence-corrected chi connectivity index (χ4v) is 2.67. The molecule has 2 aromatic rings. The van der Waals surface area contributed by atoms with Crippen molar-refractivity contribution in [1.29, 1.82) is 0 Å². The van der Waals surface area contributed by atoms with E-state index in [2.05, 4.69) is 0 Å². The number of carbonyl (C=O) groups is 1. The van der Waals surface area contributed by atoms with Gasteiger partial charge in [-0.15, -0.1) is 0 Å². The number of benzene rings is 2. The molecule has 0 saturated heterocycles. The monoisotopic (exact) mass is 348 g/mol. The first-order valence-electron chi connectivity index (χ1n) is 5.53. The van der Waals surface area contributed by atoms with Crippen molar-refractivity contribution in [3.63, 3.8) is 0 Å². The summed E-state index contributed by atoms with van der Waals surface area (Å²) in [6, 6.07) is 8.07. The van der Waals surface area contributed by atoms with Crippen molar-refractivity contribution < 1.29 is 9.90 Å². The molecule has 0 spiro atoms. The Bertz CT molecular complexity index is 683. The lowest BCUT2D eigenvalue weighted by atomic mass is 9.97. The Morgan fingerprint density at radius 2 is 1.55 bits per heavy atom. The highest BCUT2D eigenvalue weighted by atomic mass is 35.5. The molecule has 20 heavy (non-hydrogen) atoms. The zero-order valence-electron chi connectivity index (χ0n) is 9.96. The van der Waals surface area contributed by atoms with Crippen LogP contribution in [-0.2, 0) is 11.2 Å². The number of carboxylic acid groups (broad SMARTS) is 1. The fourth-order valence-electron chi connectivity index (χ4n) is 1.85. The Morgan fingerprint density at radius 1 is 0.900 bits per heavy atom. The lowest BCUT2D eigenvalue weighted by Crippen LogP contribution is -2.02. The van der Waals surface area contributed by atoms with E-state index in [1.54, 1.807) is 24.3 Å². The van der Waals surface area contributed by atoms with Gasteiger partial charge in [-0.05, 0) is 35.4 Å². The summed E-state index contributed by atoms with van der Waals surface area (Å²) < 4.78 is 0. The van der Waals surface area contributed by atoms with Crippen LogP contribution in [0.4, 0.5) is 0 Å². The van der Waals surface area contributed by atoms with Crippen molar-refractivity contribution in [3.05, 3.63) is 56.0 Å². The minimum atomic E-state index is -0.940. The van der Waals surface area contributed by atoms with Crippen molar-refractivity contribution in [2.24, 2.45) is 0 Å². The third-order valence-electron chi connectivity index (χ3n) is 2.71. The van der Waals surface area contributed by atoms with Crippen LogP contribution < -0.4 is 0 Å². The van der Waals surface area contributed by atoms with Crippen LogP contribution in [0, 0.1) is 0 Å². The number of rotatable bonds is 3. The maximum Gasteiger partial charge on any atom is 0.307 e. The molecule has 0 aliphatic carbocycles. The van der Waals surface area contributed by atoms with E-state index in [0.717, 1.165) is 0 Å². The molecule has 0 atom stereocenters. The van der Waals surface area contributed by atoms with E-state index in [9.17, 15) is 4.79 Å². The highest BCUT2D eigenvalue weighted by Crippen LogP contribution is 2.37. The third-order valence-corrected chi connectivity index (χ3v) is 3.98. The molecule has 0 radical (unpaired) electrons. The van der Waals surface area contributed by atoms with Gasteiger partial charge in [-0.1, -0.05) is 52.5 Å². The molecule has 2 nitrogen and oxygen atoms in total. The largest absolute Gasteiger partial charge is 0.481 e. The standard InChI is InChI=1S/C14H8Cl4O2/c15-8-2-1-7(3-14(19)20)9(4-8)10-5-12(17)13(18)6-11(10)16/h1-2,4-6H,3H2,(H,19,20). The molecule has 1 N–H and O–H groups in total. The Balaban J connectivity index is 2.64. The summed E-state index contributed by atoms with van der Waals surface area (Å²) in [7, 11) is 0. The smallest absolute Gasteiger partial charge is 0.307 e. The predicted molar refractivity (Wildman–Crippen MR) is 83.3 cm³/mol. The first-order chi connectivity index (χ1) is 9.38. The van der Waals surface area contributed by atoms with Gasteiger partial charge in [0, 0.05) is 15.6 Å². The summed E-state index contributed by atoms with van der Waals surface area (Å²) >= 11 is 24.0. The molecule has 104 valence electrons. The predicted octanol–water partition coefficient (Wildman–Crippen LogP) is 5.59. The molecule has 0 aromatic heterocycles. The highest BCUT2D eigenvalue weighted by molar-refractivity contribution is 6.44. The van der Waals surface area contributed by atoms with E-state index in [0.29, 0.717) is 36.8 Å². The van der Waals surface area contributed by atoms with Crippen LogP contribution in [0.5, 0.6) is 0 Å². The van der Waals surface area contributed by atoms with Crippen LogP contribution in [0.1, 0.15) is 5.56 Å². The van der Waals surface area contributed by atoms with Gasteiger partial charge in [-0.2, -0.15) is 0 Å². The summed E-state index contributed by atoms with van der Waals surface area (Å²) in [5, 5.41) is 10.5. The molecule has 0 aliphatic rings. The number of carboxylic acids is 1. The van der Waals surface area contributed by atoms with Gasteiger partial charge in [0.15, 0.2) is 0 Å². The van der Waals surface area contributed by atoms with E-state index >= 15 is 0 Å². The van der Waals surface area contributed by atoms with Gasteiger partial charge >= 0.3 is 5.97 Å². The Hall–Kier alpha value is -0.930. The van der Waals surface area contributed by atoms with Crippen molar-refractivity contribution >= 4 is 52.4 Å². The van der Waals surface area contributed by atoms with Gasteiger partial charge in [0.1, 0.15) is 0 Å². The molecular formula is C14H8Cl4O2. The molecular weight excluding hydrogens is 342 g/mol. The third kappa shape index (κ3) is 3.39. The molecule has 6 heteroatoms. The average molecular weight is 350 g/mol. The summed E-state index contributed by atoms with van der Waals surface area (Å²) in [6.45, 7) is 0.